The number of thiocarbonyl (C=S) groups is 1. The molecule has 1 N–H and O–H groups in total. The SMILES string of the molecule is O=C(CN1C(=O)/C(=C\c2ccc(F)cc2)SC1=S)N[C@H]1C=CS(=O)(=O)C1. The number of rotatable bonds is 4. The van der Waals surface area contributed by atoms with Gasteiger partial charge in [-0.1, -0.05) is 36.1 Å². The lowest BCUT2D eigenvalue weighted by molar-refractivity contribution is -0.128. The third-order valence-corrected chi connectivity index (χ3v) is 6.39. The highest BCUT2D eigenvalue weighted by Crippen LogP contribution is 2.32. The highest BCUT2D eigenvalue weighted by atomic mass is 32.2. The molecule has 0 spiro atoms. The molecule has 2 aliphatic rings. The van der Waals surface area contributed by atoms with Gasteiger partial charge in [0.25, 0.3) is 5.91 Å². The van der Waals surface area contributed by atoms with Crippen LogP contribution in [-0.4, -0.2) is 47.8 Å². The molecule has 0 bridgehead atoms. The van der Waals surface area contributed by atoms with Gasteiger partial charge in [-0.15, -0.1) is 0 Å². The Kier molecular flexibility index (Phi) is 5.26. The number of thioether (sulfide) groups is 1. The van der Waals surface area contributed by atoms with Gasteiger partial charge in [0.15, 0.2) is 9.84 Å². The van der Waals surface area contributed by atoms with Gasteiger partial charge in [0.1, 0.15) is 16.7 Å². The number of halogens is 1. The van der Waals surface area contributed by atoms with Gasteiger partial charge in [-0.2, -0.15) is 0 Å². The molecule has 6 nitrogen and oxygen atoms in total. The highest BCUT2D eigenvalue weighted by Gasteiger charge is 2.34. The summed E-state index contributed by atoms with van der Waals surface area (Å²) < 4.78 is 35.9. The fourth-order valence-corrected chi connectivity index (χ4v) is 4.90. The zero-order valence-corrected chi connectivity index (χ0v) is 15.7. The number of benzene rings is 1. The fraction of sp³-hybridized carbons (Fsp3) is 0.188. The lowest BCUT2D eigenvalue weighted by Crippen LogP contribution is -2.43. The summed E-state index contributed by atoms with van der Waals surface area (Å²) in [5, 5.41) is 3.60. The van der Waals surface area contributed by atoms with Crippen LogP contribution in [0.1, 0.15) is 5.56 Å². The second-order valence-electron chi connectivity index (χ2n) is 5.65. The van der Waals surface area contributed by atoms with Crippen LogP contribution >= 0.6 is 24.0 Å². The van der Waals surface area contributed by atoms with Crippen molar-refractivity contribution < 1.29 is 22.4 Å². The first-order chi connectivity index (χ1) is 12.2. The Hall–Kier alpha value is -2.04. The fourth-order valence-electron chi connectivity index (χ4n) is 2.41. The maximum Gasteiger partial charge on any atom is 0.266 e. The lowest BCUT2D eigenvalue weighted by Gasteiger charge is -2.16. The molecular weight excluding hydrogens is 399 g/mol. The Balaban J connectivity index is 1.64. The number of nitrogens with zero attached hydrogens (tertiary/aromatic N) is 1. The maximum atomic E-state index is 13.0. The maximum absolute atomic E-state index is 13.0. The zero-order valence-electron chi connectivity index (χ0n) is 13.2. The summed E-state index contributed by atoms with van der Waals surface area (Å²) in [6.45, 7) is -0.296. The van der Waals surface area contributed by atoms with Crippen LogP contribution in [0.15, 0.2) is 40.7 Å². The molecule has 2 aliphatic heterocycles. The predicted molar refractivity (Wildman–Crippen MR) is 101 cm³/mol. The molecule has 26 heavy (non-hydrogen) atoms. The van der Waals surface area contributed by atoms with E-state index < -0.39 is 27.7 Å². The minimum Gasteiger partial charge on any atom is -0.347 e. The summed E-state index contributed by atoms with van der Waals surface area (Å²) >= 11 is 6.20. The molecule has 1 fully saturated rings. The average Bonchev–Trinajstić information content (AvgIpc) is 3.03. The molecule has 2 heterocycles. The van der Waals surface area contributed by atoms with E-state index in [2.05, 4.69) is 5.32 Å². The van der Waals surface area contributed by atoms with Gasteiger partial charge in [0.05, 0.1) is 16.7 Å². The standard InChI is InChI=1S/C16H13FN2O4S3/c17-11-3-1-10(2-4-11)7-13-15(21)19(16(24)25-13)8-14(20)18-12-5-6-26(22,23)9-12/h1-7,12H,8-9H2,(H,18,20)/b13-7+/t12-/m0/s1. The van der Waals surface area contributed by atoms with Crippen LogP contribution in [0.4, 0.5) is 4.39 Å². The number of hydrogen-bond donors (Lipinski definition) is 1. The molecule has 1 aromatic rings. The van der Waals surface area contributed by atoms with Gasteiger partial charge in [-0.3, -0.25) is 14.5 Å². The van der Waals surface area contributed by atoms with Crippen molar-refractivity contribution in [2.75, 3.05) is 12.3 Å². The van der Waals surface area contributed by atoms with E-state index in [1.807, 2.05) is 0 Å². The van der Waals surface area contributed by atoms with E-state index in [9.17, 15) is 22.4 Å². The van der Waals surface area contributed by atoms with Crippen molar-refractivity contribution in [2.24, 2.45) is 0 Å². The van der Waals surface area contributed by atoms with E-state index in [0.717, 1.165) is 22.1 Å². The van der Waals surface area contributed by atoms with Crippen molar-refractivity contribution in [2.45, 2.75) is 6.04 Å². The Morgan fingerprint density at radius 3 is 2.69 bits per heavy atom. The summed E-state index contributed by atoms with van der Waals surface area (Å²) in [5.74, 6) is -1.50. The van der Waals surface area contributed by atoms with Crippen molar-refractivity contribution in [1.29, 1.82) is 0 Å². The summed E-state index contributed by atoms with van der Waals surface area (Å²) in [7, 11) is -3.28. The molecule has 0 unspecified atom stereocenters. The topological polar surface area (TPSA) is 83.6 Å². The molecule has 10 heteroatoms. The normalized spacial score (nSPS) is 23.0. The van der Waals surface area contributed by atoms with Gasteiger partial charge in [0.2, 0.25) is 5.91 Å². The third-order valence-electron chi connectivity index (χ3n) is 3.62. The monoisotopic (exact) mass is 412 g/mol. The summed E-state index contributed by atoms with van der Waals surface area (Å²) in [6.07, 6.45) is 2.97. The Morgan fingerprint density at radius 2 is 2.08 bits per heavy atom. The highest BCUT2D eigenvalue weighted by molar-refractivity contribution is 8.26. The Morgan fingerprint density at radius 1 is 1.38 bits per heavy atom. The van der Waals surface area contributed by atoms with Gasteiger partial charge < -0.3 is 5.32 Å². The smallest absolute Gasteiger partial charge is 0.266 e. The first-order valence-electron chi connectivity index (χ1n) is 7.45. The second kappa shape index (κ2) is 7.29. The number of hydrogen-bond acceptors (Lipinski definition) is 6. The first kappa shape index (κ1) is 18.7. The van der Waals surface area contributed by atoms with Crippen molar-refractivity contribution in [3.8, 4) is 0 Å². The molecule has 0 aromatic heterocycles. The minimum atomic E-state index is -3.28. The van der Waals surface area contributed by atoms with Crippen molar-refractivity contribution >= 4 is 56.0 Å². The summed E-state index contributed by atoms with van der Waals surface area (Å²) in [6, 6.07) is 5.01. The second-order valence-corrected chi connectivity index (χ2v) is 9.26. The van der Waals surface area contributed by atoms with Gasteiger partial charge >= 0.3 is 0 Å². The molecular formula is C16H13FN2O4S3. The van der Waals surface area contributed by atoms with Crippen molar-refractivity contribution in [3.05, 3.63) is 52.0 Å². The number of carbonyl (C=O) groups is 2. The van der Waals surface area contributed by atoms with Crippen molar-refractivity contribution in [3.63, 3.8) is 0 Å². The van der Waals surface area contributed by atoms with Crippen LogP contribution in [0.2, 0.25) is 0 Å². The van der Waals surface area contributed by atoms with E-state index >= 15 is 0 Å². The molecule has 3 rings (SSSR count). The molecule has 1 saturated heterocycles. The van der Waals surface area contributed by atoms with E-state index in [4.69, 9.17) is 12.2 Å². The van der Waals surface area contributed by atoms with Crippen LogP contribution < -0.4 is 5.32 Å². The summed E-state index contributed by atoms with van der Waals surface area (Å²) in [4.78, 5) is 26.0. The quantitative estimate of drug-likeness (QED) is 0.595. The van der Waals surface area contributed by atoms with Crippen LogP contribution in [-0.2, 0) is 19.4 Å². The Labute approximate surface area is 159 Å². The predicted octanol–water partition coefficient (Wildman–Crippen LogP) is 1.45. The van der Waals surface area contributed by atoms with E-state index in [1.165, 1.54) is 30.3 Å². The largest absolute Gasteiger partial charge is 0.347 e. The average molecular weight is 412 g/mol. The van der Waals surface area contributed by atoms with Crippen LogP contribution in [0.25, 0.3) is 6.08 Å². The van der Waals surface area contributed by atoms with Gasteiger partial charge in [0, 0.05) is 5.41 Å². The zero-order chi connectivity index (χ0) is 18.9. The number of nitrogens with one attached hydrogen (secondary N) is 1. The van der Waals surface area contributed by atoms with E-state index in [0.29, 0.717) is 10.5 Å². The molecule has 0 radical (unpaired) electrons. The van der Waals surface area contributed by atoms with Gasteiger partial charge in [-0.25, -0.2) is 12.8 Å². The van der Waals surface area contributed by atoms with E-state index in [1.54, 1.807) is 6.08 Å². The number of sulfone groups is 1. The Bertz CT molecular complexity index is 939. The minimum absolute atomic E-state index is 0.193. The molecule has 2 amide bonds. The molecule has 1 aromatic carbocycles. The number of carbonyl (C=O) groups excluding carboxylic acids is 2. The van der Waals surface area contributed by atoms with Gasteiger partial charge in [-0.05, 0) is 29.8 Å². The lowest BCUT2D eigenvalue weighted by atomic mass is 10.2. The number of amides is 2. The van der Waals surface area contributed by atoms with E-state index in [-0.39, 0.29) is 22.4 Å². The van der Waals surface area contributed by atoms with Crippen molar-refractivity contribution in [1.82, 2.24) is 10.2 Å². The summed E-state index contributed by atoms with van der Waals surface area (Å²) in [5.41, 5.74) is 0.637. The van der Waals surface area contributed by atoms with Crippen LogP contribution in [0.3, 0.4) is 0 Å². The van der Waals surface area contributed by atoms with Crippen LogP contribution in [0.5, 0.6) is 0 Å². The molecule has 136 valence electrons. The molecule has 0 aliphatic carbocycles. The first-order valence-corrected chi connectivity index (χ1v) is 10.4. The molecule has 0 saturated carbocycles. The van der Waals surface area contributed by atoms with Crippen LogP contribution in [0, 0.1) is 5.82 Å². The third kappa shape index (κ3) is 4.37. The molecule has 1 atom stereocenters.